The number of unbranched alkanes of at least 4 members (excludes halogenated alkanes) is 1. The van der Waals surface area contributed by atoms with E-state index in [9.17, 15) is 4.79 Å². The lowest BCUT2D eigenvalue weighted by molar-refractivity contribution is 0.194. The van der Waals surface area contributed by atoms with Crippen molar-refractivity contribution in [3.8, 4) is 0 Å². The molecule has 0 aliphatic rings. The van der Waals surface area contributed by atoms with E-state index < -0.39 is 6.09 Å². The van der Waals surface area contributed by atoms with Crippen LogP contribution in [0.5, 0.6) is 0 Å². The lowest BCUT2D eigenvalue weighted by Gasteiger charge is -2.04. The Hall–Kier alpha value is -1.62. The first-order valence-electron chi connectivity index (χ1n) is 5.25. The minimum atomic E-state index is -1.05. The molecule has 1 aromatic heterocycles. The summed E-state index contributed by atoms with van der Waals surface area (Å²) in [5, 5.41) is 19.4. The highest BCUT2D eigenvalue weighted by Crippen LogP contribution is 2.04. The maximum atomic E-state index is 10.3. The van der Waals surface area contributed by atoms with E-state index in [4.69, 9.17) is 10.2 Å². The number of amides is 1. The summed E-state index contributed by atoms with van der Waals surface area (Å²) in [6.07, 6.45) is 1.41. The van der Waals surface area contributed by atoms with E-state index in [-0.39, 0.29) is 13.2 Å². The monoisotopic (exact) mass is 224 g/mol. The quantitative estimate of drug-likeness (QED) is 0.633. The maximum absolute atomic E-state index is 10.3. The van der Waals surface area contributed by atoms with Gasteiger partial charge in [-0.15, -0.1) is 0 Å². The van der Waals surface area contributed by atoms with E-state index in [2.05, 4.69) is 10.3 Å². The number of aromatic nitrogens is 1. The van der Waals surface area contributed by atoms with E-state index in [1.807, 2.05) is 12.1 Å². The van der Waals surface area contributed by atoms with Gasteiger partial charge in [0.15, 0.2) is 0 Å². The van der Waals surface area contributed by atoms with Crippen molar-refractivity contribution in [2.24, 2.45) is 0 Å². The van der Waals surface area contributed by atoms with Crippen LogP contribution in [0.4, 0.5) is 4.79 Å². The van der Waals surface area contributed by atoms with E-state index >= 15 is 0 Å². The number of pyridine rings is 1. The van der Waals surface area contributed by atoms with Gasteiger partial charge in [0.05, 0.1) is 12.2 Å². The van der Waals surface area contributed by atoms with Gasteiger partial charge in [-0.2, -0.15) is 0 Å². The van der Waals surface area contributed by atoms with Crippen molar-refractivity contribution in [3.05, 3.63) is 29.6 Å². The van der Waals surface area contributed by atoms with Crippen LogP contribution in [0.2, 0.25) is 0 Å². The molecule has 0 aliphatic carbocycles. The third-order valence-electron chi connectivity index (χ3n) is 2.13. The molecule has 88 valence electrons. The number of aliphatic hydroxyl groups excluding tert-OH is 1. The number of aliphatic hydroxyl groups is 1. The SMILES string of the molecule is O=C(O)NCc1cccc(CCCCO)n1. The molecule has 0 saturated heterocycles. The highest BCUT2D eigenvalue weighted by molar-refractivity contribution is 5.64. The molecule has 1 aromatic rings. The van der Waals surface area contributed by atoms with Gasteiger partial charge in [0, 0.05) is 12.3 Å². The molecule has 1 rings (SSSR count). The predicted octanol–water partition coefficient (Wildman–Crippen LogP) is 1.16. The number of nitrogens with zero attached hydrogens (tertiary/aromatic N) is 1. The van der Waals surface area contributed by atoms with Crippen molar-refractivity contribution in [1.29, 1.82) is 0 Å². The first-order valence-corrected chi connectivity index (χ1v) is 5.25. The highest BCUT2D eigenvalue weighted by atomic mass is 16.4. The van der Waals surface area contributed by atoms with Crippen LogP contribution in [0, 0.1) is 0 Å². The number of aryl methyl sites for hydroxylation is 1. The normalized spacial score (nSPS) is 10.1. The molecule has 1 amide bonds. The predicted molar refractivity (Wildman–Crippen MR) is 59.1 cm³/mol. The van der Waals surface area contributed by atoms with Crippen LogP contribution in [-0.2, 0) is 13.0 Å². The molecule has 5 nitrogen and oxygen atoms in total. The fourth-order valence-electron chi connectivity index (χ4n) is 1.35. The van der Waals surface area contributed by atoms with Crippen molar-refractivity contribution in [3.63, 3.8) is 0 Å². The van der Waals surface area contributed by atoms with Crippen LogP contribution in [0.15, 0.2) is 18.2 Å². The minimum absolute atomic E-state index is 0.195. The van der Waals surface area contributed by atoms with Gasteiger partial charge < -0.3 is 15.5 Å². The standard InChI is InChI=1S/C11H16N2O3/c14-7-2-1-4-9-5-3-6-10(13-9)8-12-11(15)16/h3,5-6,12,14H,1-2,4,7-8H2,(H,15,16). The zero-order valence-corrected chi connectivity index (χ0v) is 9.02. The molecule has 0 aliphatic heterocycles. The molecule has 0 spiro atoms. The zero-order valence-electron chi connectivity index (χ0n) is 9.02. The van der Waals surface area contributed by atoms with Crippen molar-refractivity contribution >= 4 is 6.09 Å². The molecule has 0 fully saturated rings. The number of hydrogen-bond acceptors (Lipinski definition) is 3. The molecular weight excluding hydrogens is 208 g/mol. The first kappa shape index (κ1) is 12.4. The number of carboxylic acid groups (broad SMARTS) is 1. The molecule has 16 heavy (non-hydrogen) atoms. The topological polar surface area (TPSA) is 82.5 Å². The van der Waals surface area contributed by atoms with Crippen LogP contribution >= 0.6 is 0 Å². The molecule has 0 aromatic carbocycles. The summed E-state index contributed by atoms with van der Waals surface area (Å²) >= 11 is 0. The maximum Gasteiger partial charge on any atom is 0.404 e. The second kappa shape index (κ2) is 6.79. The molecule has 0 saturated carbocycles. The summed E-state index contributed by atoms with van der Waals surface area (Å²) in [5.74, 6) is 0. The summed E-state index contributed by atoms with van der Waals surface area (Å²) in [5.41, 5.74) is 1.64. The van der Waals surface area contributed by atoms with Gasteiger partial charge in [0.1, 0.15) is 0 Å². The van der Waals surface area contributed by atoms with Crippen LogP contribution in [-0.4, -0.2) is 27.9 Å². The molecule has 0 unspecified atom stereocenters. The average Bonchev–Trinajstić information content (AvgIpc) is 2.27. The van der Waals surface area contributed by atoms with Crippen molar-refractivity contribution < 1.29 is 15.0 Å². The number of carbonyl (C=O) groups is 1. The van der Waals surface area contributed by atoms with Gasteiger partial charge in [0.25, 0.3) is 0 Å². The molecule has 1 heterocycles. The summed E-state index contributed by atoms with van der Waals surface area (Å²) < 4.78 is 0. The van der Waals surface area contributed by atoms with Gasteiger partial charge in [-0.3, -0.25) is 4.98 Å². The Morgan fingerprint density at radius 3 is 2.75 bits per heavy atom. The average molecular weight is 224 g/mol. The smallest absolute Gasteiger partial charge is 0.404 e. The van der Waals surface area contributed by atoms with E-state index in [0.29, 0.717) is 5.69 Å². The molecule has 0 bridgehead atoms. The van der Waals surface area contributed by atoms with Crippen molar-refractivity contribution in [2.45, 2.75) is 25.8 Å². The summed E-state index contributed by atoms with van der Waals surface area (Å²) in [7, 11) is 0. The van der Waals surface area contributed by atoms with E-state index in [0.717, 1.165) is 25.0 Å². The zero-order chi connectivity index (χ0) is 11.8. The van der Waals surface area contributed by atoms with Gasteiger partial charge in [0.2, 0.25) is 0 Å². The van der Waals surface area contributed by atoms with Gasteiger partial charge in [-0.1, -0.05) is 6.07 Å². The Kier molecular flexibility index (Phi) is 5.28. The number of nitrogens with one attached hydrogen (secondary N) is 1. The Labute approximate surface area is 94.1 Å². The Bertz CT molecular complexity index is 342. The van der Waals surface area contributed by atoms with Crippen molar-refractivity contribution in [2.75, 3.05) is 6.61 Å². The van der Waals surface area contributed by atoms with Crippen LogP contribution in [0.3, 0.4) is 0 Å². The lowest BCUT2D eigenvalue weighted by atomic mass is 10.2. The highest BCUT2D eigenvalue weighted by Gasteiger charge is 2.00. The van der Waals surface area contributed by atoms with Crippen LogP contribution in [0.1, 0.15) is 24.2 Å². The van der Waals surface area contributed by atoms with Gasteiger partial charge >= 0.3 is 6.09 Å². The third kappa shape index (κ3) is 4.75. The Morgan fingerprint density at radius 2 is 2.06 bits per heavy atom. The second-order valence-corrected chi connectivity index (χ2v) is 3.46. The molecule has 0 atom stereocenters. The Balaban J connectivity index is 2.46. The molecule has 3 N–H and O–H groups in total. The summed E-state index contributed by atoms with van der Waals surface area (Å²) in [6, 6.07) is 5.55. The van der Waals surface area contributed by atoms with Gasteiger partial charge in [-0.25, -0.2) is 4.79 Å². The third-order valence-corrected chi connectivity index (χ3v) is 2.13. The largest absolute Gasteiger partial charge is 0.465 e. The fraction of sp³-hybridized carbons (Fsp3) is 0.455. The summed E-state index contributed by atoms with van der Waals surface area (Å²) in [6.45, 7) is 0.420. The summed E-state index contributed by atoms with van der Waals surface area (Å²) in [4.78, 5) is 14.6. The number of hydrogen-bond donors (Lipinski definition) is 3. The molecular formula is C11H16N2O3. The molecule has 5 heteroatoms. The minimum Gasteiger partial charge on any atom is -0.465 e. The van der Waals surface area contributed by atoms with Crippen LogP contribution in [0.25, 0.3) is 0 Å². The second-order valence-electron chi connectivity index (χ2n) is 3.46. The van der Waals surface area contributed by atoms with Gasteiger partial charge in [-0.05, 0) is 31.4 Å². The van der Waals surface area contributed by atoms with Crippen LogP contribution < -0.4 is 5.32 Å². The number of rotatable bonds is 6. The van der Waals surface area contributed by atoms with E-state index in [1.54, 1.807) is 6.07 Å². The first-order chi connectivity index (χ1) is 7.72. The Morgan fingerprint density at radius 1 is 1.31 bits per heavy atom. The van der Waals surface area contributed by atoms with E-state index in [1.165, 1.54) is 0 Å². The van der Waals surface area contributed by atoms with Crippen molar-refractivity contribution in [1.82, 2.24) is 10.3 Å². The molecule has 0 radical (unpaired) electrons. The lowest BCUT2D eigenvalue weighted by Crippen LogP contribution is -2.20. The fourth-order valence-corrected chi connectivity index (χ4v) is 1.35.